The third-order valence-electron chi connectivity index (χ3n) is 3.21. The Morgan fingerprint density at radius 3 is 2.35 bits per heavy atom. The first-order valence-corrected chi connectivity index (χ1v) is 9.08. The van der Waals surface area contributed by atoms with E-state index >= 15 is 0 Å². The van der Waals surface area contributed by atoms with Crippen LogP contribution in [0.2, 0.25) is 0 Å². The zero-order valence-corrected chi connectivity index (χ0v) is 13.3. The molecule has 0 spiro atoms. The number of aromatic nitrogens is 1. The Hall–Kier alpha value is -1.93. The lowest BCUT2D eigenvalue weighted by atomic mass is 10.1. The van der Waals surface area contributed by atoms with Crippen LogP contribution in [0.25, 0.3) is 10.2 Å². The molecule has 3 rings (SSSR count). The summed E-state index contributed by atoms with van der Waals surface area (Å²) in [5, 5.41) is 0. The van der Waals surface area contributed by atoms with E-state index in [1.807, 2.05) is 12.1 Å². The highest BCUT2D eigenvalue weighted by Crippen LogP contribution is 2.31. The van der Waals surface area contributed by atoms with Crippen LogP contribution in [-0.2, 0) is 21.7 Å². The van der Waals surface area contributed by atoms with E-state index in [1.165, 1.54) is 23.5 Å². The fourth-order valence-corrected chi connectivity index (χ4v) is 4.79. The molecule has 0 fully saturated rings. The molecule has 23 heavy (non-hydrogen) atoms. The highest BCUT2D eigenvalue weighted by atomic mass is 32.2. The number of nitrogens with zero attached hydrogens (tertiary/aromatic N) is 1. The minimum Gasteiger partial charge on any atom is -0.247 e. The van der Waals surface area contributed by atoms with Gasteiger partial charge in [-0.3, -0.25) is 0 Å². The van der Waals surface area contributed by atoms with Crippen LogP contribution in [0.5, 0.6) is 0 Å². The molecule has 120 valence electrons. The second-order valence-electron chi connectivity index (χ2n) is 4.96. The average Bonchev–Trinajstić information content (AvgIpc) is 2.91. The van der Waals surface area contributed by atoms with Gasteiger partial charge in [-0.1, -0.05) is 24.3 Å². The molecule has 3 nitrogen and oxygen atoms in total. The lowest BCUT2D eigenvalue weighted by molar-refractivity contribution is -0.137. The van der Waals surface area contributed by atoms with Gasteiger partial charge in [0, 0.05) is 0 Å². The Balaban J connectivity index is 1.88. The van der Waals surface area contributed by atoms with Gasteiger partial charge in [-0.15, -0.1) is 11.3 Å². The first-order chi connectivity index (χ1) is 10.8. The highest BCUT2D eigenvalue weighted by Gasteiger charge is 2.30. The van der Waals surface area contributed by atoms with Crippen LogP contribution in [0.4, 0.5) is 13.2 Å². The highest BCUT2D eigenvalue weighted by molar-refractivity contribution is 7.93. The van der Waals surface area contributed by atoms with Gasteiger partial charge in [0.2, 0.25) is 0 Å². The van der Waals surface area contributed by atoms with Crippen molar-refractivity contribution in [2.45, 2.75) is 16.3 Å². The standard InChI is InChI=1S/C15H11F3N2OS2/c16-15(17,18)11-7-5-10(6-8-11)9-23(19,21)14-20-12-3-1-2-4-13(12)22-14/h1-8,19H,9H2. The van der Waals surface area contributed by atoms with Crippen molar-refractivity contribution in [3.05, 3.63) is 59.7 Å². The molecule has 1 aromatic heterocycles. The summed E-state index contributed by atoms with van der Waals surface area (Å²) in [5.41, 5.74) is 0.315. The van der Waals surface area contributed by atoms with E-state index in [2.05, 4.69) is 4.98 Å². The topological polar surface area (TPSA) is 53.8 Å². The molecule has 3 aromatic rings. The third kappa shape index (κ3) is 3.37. The molecular weight excluding hydrogens is 345 g/mol. The number of nitrogens with one attached hydrogen (secondary N) is 1. The third-order valence-corrected chi connectivity index (χ3v) is 6.49. The second-order valence-corrected chi connectivity index (χ2v) is 8.28. The summed E-state index contributed by atoms with van der Waals surface area (Å²) in [5.74, 6) is -0.162. The Kier molecular flexibility index (Phi) is 3.89. The molecule has 1 atom stereocenters. The minimum atomic E-state index is -4.41. The first kappa shape index (κ1) is 15.9. The van der Waals surface area contributed by atoms with E-state index in [1.54, 1.807) is 12.1 Å². The number of hydrogen-bond donors (Lipinski definition) is 1. The van der Waals surface area contributed by atoms with Crippen LogP contribution in [-0.4, -0.2) is 9.19 Å². The molecule has 1 unspecified atom stereocenters. The molecular formula is C15H11F3N2OS2. The van der Waals surface area contributed by atoms with Gasteiger partial charge >= 0.3 is 6.18 Å². The number of rotatable bonds is 3. The SMILES string of the molecule is N=S(=O)(Cc1ccc(C(F)(F)F)cc1)c1nc2ccccc2s1. The van der Waals surface area contributed by atoms with Crippen molar-refractivity contribution in [1.82, 2.24) is 4.98 Å². The first-order valence-electron chi connectivity index (χ1n) is 6.54. The van der Waals surface area contributed by atoms with Crippen LogP contribution in [0.15, 0.2) is 52.9 Å². The van der Waals surface area contributed by atoms with Crippen molar-refractivity contribution in [3.63, 3.8) is 0 Å². The summed E-state index contributed by atoms with van der Waals surface area (Å²) in [6.07, 6.45) is -4.41. The molecule has 0 amide bonds. The maximum absolute atomic E-state index is 12.6. The number of benzene rings is 2. The number of thiazole rings is 1. The minimum absolute atomic E-state index is 0.162. The van der Waals surface area contributed by atoms with Crippen LogP contribution >= 0.6 is 11.3 Å². The molecule has 0 saturated heterocycles. The number of hydrogen-bond acceptors (Lipinski definition) is 4. The molecule has 8 heteroatoms. The number of alkyl halides is 3. The maximum atomic E-state index is 12.6. The molecule has 0 aliphatic carbocycles. The molecule has 0 bridgehead atoms. The van der Waals surface area contributed by atoms with Crippen LogP contribution in [0.1, 0.15) is 11.1 Å². The predicted octanol–water partition coefficient (Wildman–Crippen LogP) is 4.92. The quantitative estimate of drug-likeness (QED) is 0.724. The monoisotopic (exact) mass is 356 g/mol. The molecule has 0 aliphatic heterocycles. The van der Waals surface area contributed by atoms with Gasteiger partial charge in [0.15, 0.2) is 4.34 Å². The van der Waals surface area contributed by atoms with E-state index < -0.39 is 21.5 Å². The Labute approximate surface area is 134 Å². The lowest BCUT2D eigenvalue weighted by Crippen LogP contribution is -2.06. The zero-order valence-electron chi connectivity index (χ0n) is 11.6. The van der Waals surface area contributed by atoms with Crippen molar-refractivity contribution in [1.29, 1.82) is 4.78 Å². The summed E-state index contributed by atoms with van der Waals surface area (Å²) < 4.78 is 59.3. The van der Waals surface area contributed by atoms with Gasteiger partial charge < -0.3 is 0 Å². The predicted molar refractivity (Wildman–Crippen MR) is 83.9 cm³/mol. The Bertz CT molecular complexity index is 912. The number of halogens is 3. The van der Waals surface area contributed by atoms with E-state index in [0.717, 1.165) is 16.8 Å². The number of para-hydroxylation sites is 1. The number of fused-ring (bicyclic) bond motifs is 1. The van der Waals surface area contributed by atoms with Gasteiger partial charge in [-0.2, -0.15) is 13.2 Å². The van der Waals surface area contributed by atoms with Gasteiger partial charge in [0.25, 0.3) is 0 Å². The van der Waals surface area contributed by atoms with Crippen molar-refractivity contribution in [2.75, 3.05) is 0 Å². The summed E-state index contributed by atoms with van der Waals surface area (Å²) in [6, 6.07) is 11.6. The summed E-state index contributed by atoms with van der Waals surface area (Å²) in [6.45, 7) is 0. The van der Waals surface area contributed by atoms with Crippen LogP contribution < -0.4 is 0 Å². The second kappa shape index (κ2) is 5.61. The Morgan fingerprint density at radius 1 is 1.09 bits per heavy atom. The normalized spacial score (nSPS) is 14.7. The summed E-state index contributed by atoms with van der Waals surface area (Å²) in [4.78, 5) is 4.21. The van der Waals surface area contributed by atoms with Gasteiger partial charge in [-0.05, 0) is 29.8 Å². The van der Waals surface area contributed by atoms with E-state index in [-0.39, 0.29) is 10.1 Å². The van der Waals surface area contributed by atoms with Gasteiger partial charge in [0.1, 0.15) is 9.73 Å². The molecule has 0 radical (unpaired) electrons. The smallest absolute Gasteiger partial charge is 0.247 e. The average molecular weight is 356 g/mol. The van der Waals surface area contributed by atoms with Crippen molar-refractivity contribution in [2.24, 2.45) is 0 Å². The molecule has 1 N–H and O–H groups in total. The molecule has 0 saturated carbocycles. The van der Waals surface area contributed by atoms with Gasteiger partial charge in [-0.25, -0.2) is 14.0 Å². The van der Waals surface area contributed by atoms with Crippen molar-refractivity contribution in [3.8, 4) is 0 Å². The Morgan fingerprint density at radius 2 is 1.74 bits per heavy atom. The zero-order chi connectivity index (χ0) is 16.7. The van der Waals surface area contributed by atoms with E-state index in [9.17, 15) is 17.4 Å². The van der Waals surface area contributed by atoms with Crippen molar-refractivity contribution < 1.29 is 17.4 Å². The van der Waals surface area contributed by atoms with Crippen LogP contribution in [0.3, 0.4) is 0 Å². The van der Waals surface area contributed by atoms with Gasteiger partial charge in [0.05, 0.1) is 21.5 Å². The van der Waals surface area contributed by atoms with E-state index in [0.29, 0.717) is 11.1 Å². The molecule has 0 aliphatic rings. The van der Waals surface area contributed by atoms with Crippen LogP contribution in [0, 0.1) is 4.78 Å². The fourth-order valence-electron chi connectivity index (χ4n) is 2.08. The molecule has 2 aromatic carbocycles. The fraction of sp³-hybridized carbons (Fsp3) is 0.133. The van der Waals surface area contributed by atoms with E-state index in [4.69, 9.17) is 4.78 Å². The summed E-state index contributed by atoms with van der Waals surface area (Å²) in [7, 11) is -3.20. The summed E-state index contributed by atoms with van der Waals surface area (Å²) >= 11 is 1.18. The lowest BCUT2D eigenvalue weighted by Gasteiger charge is -2.08. The van der Waals surface area contributed by atoms with Crippen molar-refractivity contribution >= 4 is 31.3 Å². The largest absolute Gasteiger partial charge is 0.416 e. The molecule has 1 heterocycles. The maximum Gasteiger partial charge on any atom is 0.416 e.